The molecule has 0 unspecified atom stereocenters. The first-order valence-corrected chi connectivity index (χ1v) is 7.70. The molecule has 0 saturated carbocycles. The van der Waals surface area contributed by atoms with Gasteiger partial charge in [-0.2, -0.15) is 15.2 Å². The van der Waals surface area contributed by atoms with Crippen LogP contribution in [0.5, 0.6) is 6.01 Å². The zero-order valence-corrected chi connectivity index (χ0v) is 13.9. The first-order chi connectivity index (χ1) is 12.1. The Kier molecular flexibility index (Phi) is 4.77. The van der Waals surface area contributed by atoms with E-state index in [0.717, 1.165) is 5.56 Å². The molecule has 1 N–H and O–H groups in total. The highest BCUT2D eigenvalue weighted by molar-refractivity contribution is 5.73. The number of imidazole rings is 1. The van der Waals surface area contributed by atoms with Crippen molar-refractivity contribution in [1.29, 1.82) is 5.26 Å². The first-order valence-electron chi connectivity index (χ1n) is 7.70. The summed E-state index contributed by atoms with van der Waals surface area (Å²) in [6, 6.07) is 9.34. The molecule has 0 aliphatic heterocycles. The lowest BCUT2D eigenvalue weighted by atomic mass is 10.1. The van der Waals surface area contributed by atoms with Gasteiger partial charge in [0.2, 0.25) is 0 Å². The quantitative estimate of drug-likeness (QED) is 0.680. The minimum Gasteiger partial charge on any atom is -0.461 e. The lowest BCUT2D eigenvalue weighted by Gasteiger charge is -2.07. The first kappa shape index (κ1) is 16.7. The number of hydrogen-bond donors (Lipinski definition) is 1. The fourth-order valence-electron chi connectivity index (χ4n) is 2.44. The number of H-pyrrole nitrogens is 1. The van der Waals surface area contributed by atoms with E-state index in [1.54, 1.807) is 26.2 Å². The largest absolute Gasteiger partial charge is 0.461 e. The molecular weight excluding hydrogens is 322 g/mol. The molecule has 3 rings (SSSR count). The fourth-order valence-corrected chi connectivity index (χ4v) is 2.44. The zero-order valence-electron chi connectivity index (χ0n) is 13.9. The van der Waals surface area contributed by atoms with Crippen molar-refractivity contribution in [2.24, 2.45) is 0 Å². The highest BCUT2D eigenvalue weighted by Gasteiger charge is 2.14. The minimum absolute atomic E-state index is 0.203. The van der Waals surface area contributed by atoms with Crippen LogP contribution in [0.4, 0.5) is 0 Å². The van der Waals surface area contributed by atoms with E-state index in [-0.39, 0.29) is 11.7 Å². The number of rotatable bonds is 6. The minimum atomic E-state index is -0.272. The van der Waals surface area contributed by atoms with Gasteiger partial charge >= 0.3 is 11.7 Å². The number of nitrogens with zero attached hydrogens (tertiary/aromatic N) is 4. The predicted octanol–water partition coefficient (Wildman–Crippen LogP) is 1.37. The highest BCUT2D eigenvalue weighted by atomic mass is 16.5. The van der Waals surface area contributed by atoms with Gasteiger partial charge in [-0.3, -0.25) is 4.57 Å². The number of ether oxygens (including phenoxy) is 2. The van der Waals surface area contributed by atoms with Gasteiger partial charge in [-0.05, 0) is 24.6 Å². The predicted molar refractivity (Wildman–Crippen MR) is 90.5 cm³/mol. The number of hydrogen-bond acceptors (Lipinski definition) is 6. The van der Waals surface area contributed by atoms with Crippen LogP contribution in [0.3, 0.4) is 0 Å². The standard InChI is InChI=1S/C17H17N5O3/c1-11-14-15(21-16(19-11)25-8-7-24-2)22(17(23)20-14)10-13-5-3-12(9-18)4-6-13/h3-6H,7-8,10H2,1-2H3,(H,20,23). The number of nitrogens with one attached hydrogen (secondary N) is 1. The van der Waals surface area contributed by atoms with Crippen LogP contribution in [0.25, 0.3) is 11.2 Å². The Labute approximate surface area is 143 Å². The molecule has 2 aromatic heterocycles. The maximum Gasteiger partial charge on any atom is 0.328 e. The zero-order chi connectivity index (χ0) is 17.8. The van der Waals surface area contributed by atoms with Gasteiger partial charge < -0.3 is 14.5 Å². The Morgan fingerprint density at radius 1 is 1.24 bits per heavy atom. The maximum atomic E-state index is 12.3. The molecule has 0 amide bonds. The molecule has 0 aliphatic carbocycles. The molecule has 8 heteroatoms. The number of aryl methyl sites for hydroxylation is 1. The number of nitriles is 1. The molecule has 1 aromatic carbocycles. The molecule has 2 heterocycles. The molecule has 0 saturated heterocycles. The van der Waals surface area contributed by atoms with Crippen molar-refractivity contribution < 1.29 is 9.47 Å². The van der Waals surface area contributed by atoms with E-state index in [0.29, 0.717) is 42.2 Å². The van der Waals surface area contributed by atoms with E-state index in [9.17, 15) is 4.79 Å². The van der Waals surface area contributed by atoms with Crippen molar-refractivity contribution in [1.82, 2.24) is 19.5 Å². The summed E-state index contributed by atoms with van der Waals surface area (Å²) >= 11 is 0. The summed E-state index contributed by atoms with van der Waals surface area (Å²) in [5, 5.41) is 8.87. The SMILES string of the molecule is COCCOc1nc(C)c2[nH]c(=O)n(Cc3ccc(C#N)cc3)c2n1. The van der Waals surface area contributed by atoms with Crippen molar-refractivity contribution in [2.45, 2.75) is 13.5 Å². The molecular formula is C17H17N5O3. The fraction of sp³-hybridized carbons (Fsp3) is 0.294. The Hall–Kier alpha value is -3.18. The molecule has 0 spiro atoms. The number of aromatic nitrogens is 4. The van der Waals surface area contributed by atoms with Crippen LogP contribution in [0.1, 0.15) is 16.8 Å². The van der Waals surface area contributed by atoms with Crippen molar-refractivity contribution in [3.05, 3.63) is 51.6 Å². The van der Waals surface area contributed by atoms with Crippen LogP contribution < -0.4 is 10.4 Å². The second-order valence-corrected chi connectivity index (χ2v) is 5.46. The third kappa shape index (κ3) is 3.51. The highest BCUT2D eigenvalue weighted by Crippen LogP contribution is 2.16. The maximum absolute atomic E-state index is 12.3. The van der Waals surface area contributed by atoms with Gasteiger partial charge in [0.25, 0.3) is 0 Å². The third-order valence-electron chi connectivity index (χ3n) is 3.73. The molecule has 8 nitrogen and oxygen atoms in total. The summed E-state index contributed by atoms with van der Waals surface area (Å²) in [6.45, 7) is 2.87. The topological polar surface area (TPSA) is 106 Å². The smallest absolute Gasteiger partial charge is 0.328 e. The summed E-state index contributed by atoms with van der Waals surface area (Å²) in [4.78, 5) is 23.7. The summed E-state index contributed by atoms with van der Waals surface area (Å²) in [6.07, 6.45) is 0. The van der Waals surface area contributed by atoms with Gasteiger partial charge in [0.1, 0.15) is 12.1 Å². The summed E-state index contributed by atoms with van der Waals surface area (Å²) in [5.74, 6) is 0. The molecule has 0 aliphatic rings. The van der Waals surface area contributed by atoms with Gasteiger partial charge in [0.05, 0.1) is 30.5 Å². The summed E-state index contributed by atoms with van der Waals surface area (Å²) in [5.41, 5.74) is 2.88. The molecule has 25 heavy (non-hydrogen) atoms. The monoisotopic (exact) mass is 339 g/mol. The Bertz CT molecular complexity index is 982. The van der Waals surface area contributed by atoms with Gasteiger partial charge in [-0.1, -0.05) is 12.1 Å². The second kappa shape index (κ2) is 7.15. The average molecular weight is 339 g/mol. The summed E-state index contributed by atoms with van der Waals surface area (Å²) < 4.78 is 11.9. The number of fused-ring (bicyclic) bond motifs is 1. The van der Waals surface area contributed by atoms with Crippen LogP contribution in [-0.2, 0) is 11.3 Å². The molecule has 128 valence electrons. The van der Waals surface area contributed by atoms with Gasteiger partial charge in [-0.25, -0.2) is 4.79 Å². The van der Waals surface area contributed by atoms with E-state index in [2.05, 4.69) is 21.0 Å². The van der Waals surface area contributed by atoms with Crippen LogP contribution in [0, 0.1) is 18.3 Å². The van der Waals surface area contributed by atoms with Crippen molar-refractivity contribution >= 4 is 11.2 Å². The number of benzene rings is 1. The number of methoxy groups -OCH3 is 1. The van der Waals surface area contributed by atoms with Crippen molar-refractivity contribution in [2.75, 3.05) is 20.3 Å². The molecule has 0 atom stereocenters. The van der Waals surface area contributed by atoms with Crippen molar-refractivity contribution in [3.63, 3.8) is 0 Å². The average Bonchev–Trinajstić information content (AvgIpc) is 2.93. The van der Waals surface area contributed by atoms with E-state index in [1.807, 2.05) is 12.1 Å². The molecule has 0 fully saturated rings. The van der Waals surface area contributed by atoms with Crippen molar-refractivity contribution in [3.8, 4) is 12.1 Å². The normalized spacial score (nSPS) is 10.8. The Morgan fingerprint density at radius 3 is 2.68 bits per heavy atom. The lowest BCUT2D eigenvalue weighted by molar-refractivity contribution is 0.141. The van der Waals surface area contributed by atoms with Crippen LogP contribution in [0.15, 0.2) is 29.1 Å². The Morgan fingerprint density at radius 2 is 2.00 bits per heavy atom. The molecule has 3 aromatic rings. The molecule has 0 radical (unpaired) electrons. The van der Waals surface area contributed by atoms with Crippen LogP contribution in [0.2, 0.25) is 0 Å². The van der Waals surface area contributed by atoms with Gasteiger partial charge in [0.15, 0.2) is 5.65 Å². The van der Waals surface area contributed by atoms with Crippen LogP contribution >= 0.6 is 0 Å². The third-order valence-corrected chi connectivity index (χ3v) is 3.73. The van der Waals surface area contributed by atoms with E-state index >= 15 is 0 Å². The van der Waals surface area contributed by atoms with E-state index < -0.39 is 0 Å². The molecule has 0 bridgehead atoms. The van der Waals surface area contributed by atoms with E-state index in [1.165, 1.54) is 4.57 Å². The van der Waals surface area contributed by atoms with Crippen LogP contribution in [-0.4, -0.2) is 39.8 Å². The van der Waals surface area contributed by atoms with Gasteiger partial charge in [0, 0.05) is 7.11 Å². The Balaban J connectivity index is 1.97. The second-order valence-electron chi connectivity index (χ2n) is 5.46. The lowest BCUT2D eigenvalue weighted by Crippen LogP contribution is -2.18. The number of aromatic amines is 1. The van der Waals surface area contributed by atoms with E-state index in [4.69, 9.17) is 14.7 Å². The van der Waals surface area contributed by atoms with Gasteiger partial charge in [-0.15, -0.1) is 0 Å². The summed E-state index contributed by atoms with van der Waals surface area (Å²) in [7, 11) is 1.58.